The molecule has 7 heteroatoms. The van der Waals surface area contributed by atoms with Gasteiger partial charge in [-0.1, -0.05) is 66.6 Å². The molecule has 2 aromatic rings. The number of nitrogens with zero attached hydrogens (tertiary/aromatic N) is 1. The molecule has 2 aromatic carbocycles. The minimum atomic E-state index is -0.657. The lowest BCUT2D eigenvalue weighted by Gasteiger charge is -2.49. The van der Waals surface area contributed by atoms with E-state index in [2.05, 4.69) is 17.2 Å². The van der Waals surface area contributed by atoms with Crippen LogP contribution < -0.4 is 5.32 Å². The summed E-state index contributed by atoms with van der Waals surface area (Å²) in [7, 11) is 0. The van der Waals surface area contributed by atoms with Crippen LogP contribution in [0.5, 0.6) is 0 Å². The molecule has 0 bridgehead atoms. The number of fused-ring (bicyclic) bond motifs is 1. The van der Waals surface area contributed by atoms with Crippen molar-refractivity contribution in [2.75, 3.05) is 5.75 Å². The van der Waals surface area contributed by atoms with Gasteiger partial charge in [0, 0.05) is 5.75 Å². The molecule has 33 heavy (non-hydrogen) atoms. The van der Waals surface area contributed by atoms with Crippen LogP contribution in [0.2, 0.25) is 0 Å². The fourth-order valence-electron chi connectivity index (χ4n) is 3.83. The molecule has 2 heterocycles. The molecular formula is C26H22N2O4S. The molecule has 0 spiro atoms. The number of rotatable bonds is 7. The van der Waals surface area contributed by atoms with Crippen molar-refractivity contribution in [3.05, 3.63) is 95.2 Å². The SMILES string of the molecule is CC#C/C=C/C1=C(C(=O)OC(c2ccccc2)c2ccccc2)N2C(=O)[C@@H](NC=O)[C@H]2SC1. The zero-order valence-corrected chi connectivity index (χ0v) is 18.7. The highest BCUT2D eigenvalue weighted by molar-refractivity contribution is 8.00. The summed E-state index contributed by atoms with van der Waals surface area (Å²) in [5.41, 5.74) is 2.49. The first-order chi connectivity index (χ1) is 16.2. The van der Waals surface area contributed by atoms with E-state index in [0.29, 0.717) is 17.7 Å². The number of allylic oxidation sites excluding steroid dienone is 2. The van der Waals surface area contributed by atoms with Crippen LogP contribution in [-0.4, -0.2) is 40.4 Å². The Morgan fingerprint density at radius 1 is 1.15 bits per heavy atom. The Kier molecular flexibility index (Phi) is 6.96. The zero-order valence-electron chi connectivity index (χ0n) is 17.9. The second-order valence-corrected chi connectivity index (χ2v) is 8.49. The summed E-state index contributed by atoms with van der Waals surface area (Å²) in [6.07, 6.45) is 3.27. The third kappa shape index (κ3) is 4.57. The Labute approximate surface area is 196 Å². The molecule has 0 saturated carbocycles. The Balaban J connectivity index is 1.70. The Morgan fingerprint density at radius 2 is 1.79 bits per heavy atom. The van der Waals surface area contributed by atoms with Gasteiger partial charge in [0.05, 0.1) is 0 Å². The normalized spacial score (nSPS) is 19.5. The summed E-state index contributed by atoms with van der Waals surface area (Å²) >= 11 is 1.48. The number of carbonyl (C=O) groups excluding carboxylic acids is 3. The number of nitrogens with one attached hydrogen (secondary N) is 1. The van der Waals surface area contributed by atoms with Crippen LogP contribution in [0.1, 0.15) is 24.2 Å². The summed E-state index contributed by atoms with van der Waals surface area (Å²) in [5, 5.41) is 2.19. The molecule has 4 rings (SSSR count). The van der Waals surface area contributed by atoms with Gasteiger partial charge in [-0.2, -0.15) is 0 Å². The number of esters is 1. The fraction of sp³-hybridized carbons (Fsp3) is 0.192. The summed E-state index contributed by atoms with van der Waals surface area (Å²) in [6.45, 7) is 1.72. The Morgan fingerprint density at radius 3 is 2.36 bits per heavy atom. The van der Waals surface area contributed by atoms with Crippen molar-refractivity contribution < 1.29 is 19.1 Å². The monoisotopic (exact) mass is 458 g/mol. The topological polar surface area (TPSA) is 75.7 Å². The van der Waals surface area contributed by atoms with Crippen molar-refractivity contribution in [3.63, 3.8) is 0 Å². The first kappa shape index (κ1) is 22.4. The first-order valence-corrected chi connectivity index (χ1v) is 11.5. The van der Waals surface area contributed by atoms with Crippen LogP contribution in [0.25, 0.3) is 0 Å². The minimum Gasteiger partial charge on any atom is -0.448 e. The van der Waals surface area contributed by atoms with E-state index in [9.17, 15) is 14.4 Å². The lowest BCUT2D eigenvalue weighted by Crippen LogP contribution is -2.69. The molecule has 166 valence electrons. The molecule has 0 aromatic heterocycles. The molecule has 1 N–H and O–H groups in total. The zero-order chi connectivity index (χ0) is 23.2. The maximum atomic E-state index is 13.6. The van der Waals surface area contributed by atoms with Crippen LogP contribution in [0, 0.1) is 11.8 Å². The van der Waals surface area contributed by atoms with Crippen molar-refractivity contribution in [2.24, 2.45) is 0 Å². The highest BCUT2D eigenvalue weighted by Crippen LogP contribution is 2.41. The van der Waals surface area contributed by atoms with Crippen LogP contribution in [0.3, 0.4) is 0 Å². The van der Waals surface area contributed by atoms with Gasteiger partial charge >= 0.3 is 5.97 Å². The van der Waals surface area contributed by atoms with Gasteiger partial charge in [0.2, 0.25) is 6.41 Å². The summed E-state index contributed by atoms with van der Waals surface area (Å²) in [5.74, 6) is 5.17. The number of ether oxygens (including phenoxy) is 1. The van der Waals surface area contributed by atoms with Gasteiger partial charge in [-0.3, -0.25) is 14.5 Å². The third-order valence-electron chi connectivity index (χ3n) is 5.38. The van der Waals surface area contributed by atoms with E-state index in [1.165, 1.54) is 16.7 Å². The average Bonchev–Trinajstić information content (AvgIpc) is 2.86. The lowest BCUT2D eigenvalue weighted by molar-refractivity contribution is -0.154. The number of carbonyl (C=O) groups is 3. The average molecular weight is 459 g/mol. The van der Waals surface area contributed by atoms with Crippen molar-refractivity contribution >= 4 is 30.0 Å². The van der Waals surface area contributed by atoms with Gasteiger partial charge in [-0.05, 0) is 35.8 Å². The maximum absolute atomic E-state index is 13.6. The number of hydrogen-bond acceptors (Lipinski definition) is 5. The number of β-lactam (4-membered cyclic amide) rings is 1. The highest BCUT2D eigenvalue weighted by atomic mass is 32.2. The Hall–Kier alpha value is -3.76. The van der Waals surface area contributed by atoms with E-state index in [0.717, 1.165) is 11.1 Å². The van der Waals surface area contributed by atoms with Crippen molar-refractivity contribution in [3.8, 4) is 11.8 Å². The van der Waals surface area contributed by atoms with E-state index in [1.807, 2.05) is 60.7 Å². The molecule has 2 aliphatic rings. The van der Waals surface area contributed by atoms with Gasteiger partial charge in [0.1, 0.15) is 17.1 Å². The van der Waals surface area contributed by atoms with Gasteiger partial charge in [0.25, 0.3) is 5.91 Å². The van der Waals surface area contributed by atoms with E-state index < -0.39 is 18.1 Å². The molecule has 1 saturated heterocycles. The van der Waals surface area contributed by atoms with Gasteiger partial charge in [-0.25, -0.2) is 4.79 Å². The van der Waals surface area contributed by atoms with E-state index in [1.54, 1.807) is 19.1 Å². The van der Waals surface area contributed by atoms with Crippen molar-refractivity contribution in [1.82, 2.24) is 10.2 Å². The molecular weight excluding hydrogens is 436 g/mol. The molecule has 2 amide bonds. The summed E-state index contributed by atoms with van der Waals surface area (Å²) in [4.78, 5) is 38.7. The molecule has 1 fully saturated rings. The number of hydrogen-bond donors (Lipinski definition) is 1. The standard InChI is InChI=1S/C26H22N2O4S/c1-2-3-6-15-20-16-33-25-21(27-17-29)24(30)28(25)22(20)26(31)32-23(18-11-7-4-8-12-18)19-13-9-5-10-14-19/h4-15,17,21,23,25H,16H2,1H3,(H,27,29)/b15-6+/t21-,25-/m1/s1. The van der Waals surface area contributed by atoms with Crippen LogP contribution in [0.4, 0.5) is 0 Å². The summed E-state index contributed by atoms with van der Waals surface area (Å²) in [6, 6.07) is 18.3. The first-order valence-electron chi connectivity index (χ1n) is 10.4. The predicted molar refractivity (Wildman–Crippen MR) is 127 cm³/mol. The minimum absolute atomic E-state index is 0.193. The largest absolute Gasteiger partial charge is 0.448 e. The molecule has 6 nitrogen and oxygen atoms in total. The maximum Gasteiger partial charge on any atom is 0.356 e. The fourth-order valence-corrected chi connectivity index (χ4v) is 5.16. The van der Waals surface area contributed by atoms with E-state index in [-0.39, 0.29) is 17.0 Å². The van der Waals surface area contributed by atoms with Crippen LogP contribution >= 0.6 is 11.8 Å². The van der Waals surface area contributed by atoms with Gasteiger partial charge in [-0.15, -0.1) is 17.7 Å². The van der Waals surface area contributed by atoms with Crippen molar-refractivity contribution in [1.29, 1.82) is 0 Å². The second kappa shape index (κ2) is 10.2. The van der Waals surface area contributed by atoms with E-state index >= 15 is 0 Å². The quantitative estimate of drug-likeness (QED) is 0.299. The second-order valence-electron chi connectivity index (χ2n) is 7.38. The molecule has 2 atom stereocenters. The molecule has 0 aliphatic carbocycles. The smallest absolute Gasteiger partial charge is 0.356 e. The number of amides is 2. The van der Waals surface area contributed by atoms with Gasteiger partial charge in [0.15, 0.2) is 6.10 Å². The molecule has 2 aliphatic heterocycles. The molecule has 0 unspecified atom stereocenters. The Bertz CT molecular complexity index is 1130. The number of benzene rings is 2. The summed E-state index contributed by atoms with van der Waals surface area (Å²) < 4.78 is 6.04. The molecule has 0 radical (unpaired) electrons. The van der Waals surface area contributed by atoms with E-state index in [4.69, 9.17) is 4.74 Å². The number of thioether (sulfide) groups is 1. The lowest BCUT2D eigenvalue weighted by atomic mass is 10.0. The van der Waals surface area contributed by atoms with Crippen LogP contribution in [-0.2, 0) is 19.1 Å². The predicted octanol–water partition coefficient (Wildman–Crippen LogP) is 3.18. The van der Waals surface area contributed by atoms with Crippen LogP contribution in [0.15, 0.2) is 84.1 Å². The third-order valence-corrected chi connectivity index (χ3v) is 6.68. The van der Waals surface area contributed by atoms with Crippen molar-refractivity contribution in [2.45, 2.75) is 24.4 Å². The highest BCUT2D eigenvalue weighted by Gasteiger charge is 2.53. The van der Waals surface area contributed by atoms with Gasteiger partial charge < -0.3 is 10.1 Å².